The normalized spacial score (nSPS) is 14.4. The molecule has 0 spiro atoms. The third-order valence-corrected chi connectivity index (χ3v) is 1.77. The Kier molecular flexibility index (Phi) is 5.04. The van der Waals surface area contributed by atoms with Gasteiger partial charge in [-0.15, -0.1) is 0 Å². The third kappa shape index (κ3) is 4.90. The molecule has 0 bridgehead atoms. The second-order valence-corrected chi connectivity index (χ2v) is 4.57. The minimum atomic E-state index is -0.679. The molecule has 0 aromatic carbocycles. The van der Waals surface area contributed by atoms with Gasteiger partial charge in [0.2, 0.25) is 0 Å². The Morgan fingerprint density at radius 2 is 2.12 bits per heavy atom. The molecule has 0 unspecified atom stereocenters. The van der Waals surface area contributed by atoms with Crippen LogP contribution in [0.3, 0.4) is 0 Å². The van der Waals surface area contributed by atoms with Gasteiger partial charge in [-0.05, 0) is 13.3 Å². The highest BCUT2D eigenvalue weighted by atomic mass is 33.1. The van der Waals surface area contributed by atoms with Crippen LogP contribution < -0.4 is 0 Å². The molecule has 4 heteroatoms. The van der Waals surface area contributed by atoms with Crippen LogP contribution in [0, 0.1) is 0 Å². The quantitative estimate of drug-likeness (QED) is 0.589. The molecule has 0 radical (unpaired) electrons. The first kappa shape index (κ1) is 8.75. The molecule has 0 saturated carbocycles. The van der Waals surface area contributed by atoms with Gasteiger partial charge in [0.15, 0.2) is 0 Å². The van der Waals surface area contributed by atoms with Gasteiger partial charge < -0.3 is 4.18 Å². The summed E-state index contributed by atoms with van der Waals surface area (Å²) in [4.78, 5) is 0. The van der Waals surface area contributed by atoms with Crippen LogP contribution in [0.1, 0.15) is 20.3 Å². The predicted molar refractivity (Wildman–Crippen MR) is 42.9 cm³/mol. The molecule has 0 aliphatic heterocycles. The van der Waals surface area contributed by atoms with E-state index in [2.05, 4.69) is 22.4 Å². The lowest BCUT2D eigenvalue weighted by molar-refractivity contribution is 0.261. The molecule has 0 amide bonds. The van der Waals surface area contributed by atoms with Gasteiger partial charge in [-0.2, -0.15) is 0 Å². The predicted octanol–water partition coefficient (Wildman–Crippen LogP) is 1.26. The SMILES string of the molecule is CC[C@@H](C)O[S-](=S)=S. The standard InChI is InChI=1S/C4H9OS3/c1-3-4(2)5-8(6)7/h4H,3H2,1-2H3/q-1/t4-/m1/s1. The topological polar surface area (TPSA) is 9.23 Å². The van der Waals surface area contributed by atoms with Gasteiger partial charge >= 0.3 is 0 Å². The molecular formula is C4H9OS3-. The Balaban J connectivity index is 3.39. The molecule has 0 aliphatic carbocycles. The molecular weight excluding hydrogens is 160 g/mol. The molecule has 1 atom stereocenters. The fourth-order valence-corrected chi connectivity index (χ4v) is 1.41. The van der Waals surface area contributed by atoms with Gasteiger partial charge in [-0.25, -0.2) is 30.7 Å². The number of hydrogen-bond acceptors (Lipinski definition) is 4. The van der Waals surface area contributed by atoms with E-state index in [1.54, 1.807) is 0 Å². The summed E-state index contributed by atoms with van der Waals surface area (Å²) in [5.41, 5.74) is 0. The van der Waals surface area contributed by atoms with E-state index in [4.69, 9.17) is 4.18 Å². The highest BCUT2D eigenvalue weighted by Gasteiger charge is 1.87. The molecule has 0 N–H and O–H groups in total. The largest absolute Gasteiger partial charge is 0.464 e. The fourth-order valence-electron chi connectivity index (χ4n) is 0.202. The van der Waals surface area contributed by atoms with Crippen molar-refractivity contribution in [1.82, 2.24) is 0 Å². The average Bonchev–Trinajstić information content (AvgIpc) is 1.65. The van der Waals surface area contributed by atoms with E-state index in [1.807, 2.05) is 13.8 Å². The summed E-state index contributed by atoms with van der Waals surface area (Å²) in [5.74, 6) is 0. The third-order valence-electron chi connectivity index (χ3n) is 0.818. The van der Waals surface area contributed by atoms with Gasteiger partial charge in [-0.1, -0.05) is 6.92 Å². The highest BCUT2D eigenvalue weighted by Crippen LogP contribution is 1.94. The van der Waals surface area contributed by atoms with Crippen molar-refractivity contribution in [2.75, 3.05) is 0 Å². The summed E-state index contributed by atoms with van der Waals surface area (Å²) < 4.78 is 5.06. The van der Waals surface area contributed by atoms with Crippen LogP contribution in [-0.4, -0.2) is 6.10 Å². The van der Waals surface area contributed by atoms with Gasteiger partial charge in [0.05, 0.1) is 0 Å². The first-order chi connectivity index (χ1) is 3.66. The van der Waals surface area contributed by atoms with Crippen LogP contribution in [-0.2, 0) is 34.9 Å². The zero-order valence-electron chi connectivity index (χ0n) is 4.92. The molecule has 0 saturated heterocycles. The molecule has 0 rings (SSSR count). The van der Waals surface area contributed by atoms with Crippen LogP contribution in [0.25, 0.3) is 0 Å². The maximum Gasteiger partial charge on any atom is 0.0317 e. The molecule has 0 aromatic heterocycles. The second-order valence-electron chi connectivity index (χ2n) is 1.52. The van der Waals surface area contributed by atoms with Gasteiger partial charge in [0.1, 0.15) is 0 Å². The average molecular weight is 169 g/mol. The van der Waals surface area contributed by atoms with Crippen molar-refractivity contribution in [3.05, 3.63) is 0 Å². The zero-order chi connectivity index (χ0) is 6.57. The van der Waals surface area contributed by atoms with E-state index in [9.17, 15) is 0 Å². The molecule has 0 aromatic rings. The van der Waals surface area contributed by atoms with Crippen molar-refractivity contribution < 1.29 is 4.18 Å². The minimum Gasteiger partial charge on any atom is -0.464 e. The van der Waals surface area contributed by atoms with E-state index >= 15 is 0 Å². The monoisotopic (exact) mass is 169 g/mol. The van der Waals surface area contributed by atoms with Gasteiger partial charge in [0.25, 0.3) is 0 Å². The van der Waals surface area contributed by atoms with Crippen LogP contribution in [0.15, 0.2) is 0 Å². The first-order valence-corrected chi connectivity index (χ1v) is 5.43. The van der Waals surface area contributed by atoms with Crippen LogP contribution in [0.5, 0.6) is 0 Å². The van der Waals surface area contributed by atoms with E-state index in [-0.39, 0.29) is 6.10 Å². The molecule has 8 heavy (non-hydrogen) atoms. The number of rotatable bonds is 3. The molecule has 1 nitrogen and oxygen atoms in total. The van der Waals surface area contributed by atoms with Crippen molar-refractivity contribution in [3.63, 3.8) is 0 Å². The van der Waals surface area contributed by atoms with Crippen molar-refractivity contribution >= 4 is 30.7 Å². The Bertz CT molecular complexity index is 110. The lowest BCUT2D eigenvalue weighted by Crippen LogP contribution is -2.02. The highest BCUT2D eigenvalue weighted by molar-refractivity contribution is 8.44. The summed E-state index contributed by atoms with van der Waals surface area (Å²) in [5, 5.41) is 0. The molecule has 0 aliphatic rings. The fraction of sp³-hybridized carbons (Fsp3) is 1.00. The van der Waals surface area contributed by atoms with Crippen molar-refractivity contribution in [2.24, 2.45) is 0 Å². The summed E-state index contributed by atoms with van der Waals surface area (Å²) >= 11 is 9.28. The Morgan fingerprint density at radius 1 is 1.62 bits per heavy atom. The lowest BCUT2D eigenvalue weighted by atomic mass is 10.3. The number of hydrogen-bond donors (Lipinski definition) is 0. The second kappa shape index (κ2) is 4.61. The maximum atomic E-state index is 5.06. The summed E-state index contributed by atoms with van der Waals surface area (Å²) in [6, 6.07) is 0. The maximum absolute atomic E-state index is 5.06. The van der Waals surface area contributed by atoms with E-state index < -0.39 is 8.29 Å². The van der Waals surface area contributed by atoms with Gasteiger partial charge in [-0.3, -0.25) is 0 Å². The Hall–Kier alpha value is 0.750. The zero-order valence-corrected chi connectivity index (χ0v) is 7.37. The van der Waals surface area contributed by atoms with Crippen molar-refractivity contribution in [3.8, 4) is 0 Å². The Labute approximate surface area is 61.5 Å². The Morgan fingerprint density at radius 3 is 2.25 bits per heavy atom. The van der Waals surface area contributed by atoms with Crippen LogP contribution in [0.2, 0.25) is 0 Å². The van der Waals surface area contributed by atoms with Crippen LogP contribution in [0.4, 0.5) is 0 Å². The van der Waals surface area contributed by atoms with Gasteiger partial charge in [0, 0.05) is 6.10 Å². The van der Waals surface area contributed by atoms with E-state index in [0.717, 1.165) is 6.42 Å². The van der Waals surface area contributed by atoms with Crippen LogP contribution >= 0.6 is 0 Å². The smallest absolute Gasteiger partial charge is 0.0317 e. The summed E-state index contributed by atoms with van der Waals surface area (Å²) in [6.07, 6.45) is 1.21. The summed E-state index contributed by atoms with van der Waals surface area (Å²) in [6.45, 7) is 4.01. The molecule has 0 fully saturated rings. The van der Waals surface area contributed by atoms with Crippen molar-refractivity contribution in [1.29, 1.82) is 0 Å². The minimum absolute atomic E-state index is 0.230. The summed E-state index contributed by atoms with van der Waals surface area (Å²) in [7, 11) is -0.679. The lowest BCUT2D eigenvalue weighted by Gasteiger charge is -2.13. The molecule has 50 valence electrons. The van der Waals surface area contributed by atoms with E-state index in [1.165, 1.54) is 0 Å². The molecule has 0 heterocycles. The van der Waals surface area contributed by atoms with E-state index in [0.29, 0.717) is 0 Å². The van der Waals surface area contributed by atoms with Crippen molar-refractivity contribution in [2.45, 2.75) is 26.4 Å². The first-order valence-electron chi connectivity index (χ1n) is 2.43.